The van der Waals surface area contributed by atoms with Gasteiger partial charge in [-0.3, -0.25) is 9.59 Å². The van der Waals surface area contributed by atoms with Gasteiger partial charge < -0.3 is 20.3 Å². The Morgan fingerprint density at radius 1 is 0.324 bits per heavy atom. The Morgan fingerprint density at radius 3 is 0.824 bits per heavy atom. The highest BCUT2D eigenvalue weighted by Gasteiger charge is 2.20. The molecule has 74 heavy (non-hydrogen) atoms. The zero-order valence-electron chi connectivity index (χ0n) is 50.6. The zero-order chi connectivity index (χ0) is 53.6. The molecule has 0 aliphatic heterocycles. The maximum Gasteiger partial charge on any atom is 0.305 e. The standard InChI is InChI=1S/C68H135NO5/c1-3-5-7-9-11-13-15-17-18-34-37-40-44-48-52-56-60-66(71)65(64-70)69-67(72)61-57-53-49-45-41-38-35-32-30-28-26-24-22-20-19-21-23-25-27-29-31-33-36-39-43-47-51-55-59-63-74-68(73)62-58-54-50-46-42-16-14-12-10-8-6-4-2/h65-66,70-71H,3-64H2,1-2H3,(H,69,72). The van der Waals surface area contributed by atoms with Crippen LogP contribution < -0.4 is 5.32 Å². The lowest BCUT2D eigenvalue weighted by atomic mass is 10.0. The van der Waals surface area contributed by atoms with Crippen molar-refractivity contribution >= 4 is 11.9 Å². The monoisotopic (exact) mass is 1050 g/mol. The van der Waals surface area contributed by atoms with Gasteiger partial charge in [-0.1, -0.05) is 361 Å². The second-order valence-corrected chi connectivity index (χ2v) is 23.9. The minimum absolute atomic E-state index is 0.0212. The normalized spacial score (nSPS) is 12.4. The van der Waals surface area contributed by atoms with Crippen LogP contribution in [0, 0.1) is 0 Å². The number of hydrogen-bond acceptors (Lipinski definition) is 5. The summed E-state index contributed by atoms with van der Waals surface area (Å²) in [7, 11) is 0. The molecular formula is C68H135NO5. The van der Waals surface area contributed by atoms with Gasteiger partial charge in [0.05, 0.1) is 25.4 Å². The molecule has 0 spiro atoms. The Hall–Kier alpha value is -1.14. The number of nitrogens with one attached hydrogen (secondary N) is 1. The Balaban J connectivity index is 3.32. The van der Waals surface area contributed by atoms with Gasteiger partial charge >= 0.3 is 5.97 Å². The molecule has 442 valence electrons. The van der Waals surface area contributed by atoms with Gasteiger partial charge in [0.25, 0.3) is 0 Å². The lowest BCUT2D eigenvalue weighted by Crippen LogP contribution is -2.45. The number of hydrogen-bond donors (Lipinski definition) is 3. The van der Waals surface area contributed by atoms with Crippen LogP contribution in [0.15, 0.2) is 0 Å². The van der Waals surface area contributed by atoms with Gasteiger partial charge in [0.2, 0.25) is 5.91 Å². The summed E-state index contributed by atoms with van der Waals surface area (Å²) >= 11 is 0. The van der Waals surface area contributed by atoms with E-state index in [2.05, 4.69) is 19.2 Å². The molecule has 0 saturated heterocycles. The Bertz CT molecular complexity index is 1070. The largest absolute Gasteiger partial charge is 0.466 e. The minimum atomic E-state index is -0.660. The predicted octanol–water partition coefficient (Wildman–Crippen LogP) is 21.8. The van der Waals surface area contributed by atoms with Crippen molar-refractivity contribution < 1.29 is 24.5 Å². The van der Waals surface area contributed by atoms with Crippen molar-refractivity contribution in [2.24, 2.45) is 0 Å². The van der Waals surface area contributed by atoms with Crippen molar-refractivity contribution in [2.45, 2.75) is 411 Å². The smallest absolute Gasteiger partial charge is 0.305 e. The molecule has 2 atom stereocenters. The van der Waals surface area contributed by atoms with Gasteiger partial charge in [-0.15, -0.1) is 0 Å². The summed E-state index contributed by atoms with van der Waals surface area (Å²) in [5.41, 5.74) is 0. The van der Waals surface area contributed by atoms with Crippen LogP contribution >= 0.6 is 0 Å². The number of carbonyl (C=O) groups is 2. The van der Waals surface area contributed by atoms with Crippen molar-refractivity contribution in [3.63, 3.8) is 0 Å². The van der Waals surface area contributed by atoms with Crippen LogP contribution in [0.3, 0.4) is 0 Å². The van der Waals surface area contributed by atoms with Crippen molar-refractivity contribution in [3.05, 3.63) is 0 Å². The van der Waals surface area contributed by atoms with Gasteiger partial charge in [0.1, 0.15) is 0 Å². The van der Waals surface area contributed by atoms with Crippen LogP contribution in [0.1, 0.15) is 399 Å². The van der Waals surface area contributed by atoms with Crippen LogP contribution in [0.5, 0.6) is 0 Å². The topological polar surface area (TPSA) is 95.9 Å². The molecule has 0 aromatic heterocycles. The highest BCUT2D eigenvalue weighted by Crippen LogP contribution is 2.19. The molecule has 0 aliphatic rings. The van der Waals surface area contributed by atoms with Gasteiger partial charge in [-0.25, -0.2) is 0 Å². The number of ether oxygens (including phenoxy) is 1. The molecule has 0 aromatic carbocycles. The van der Waals surface area contributed by atoms with E-state index in [0.29, 0.717) is 25.9 Å². The van der Waals surface area contributed by atoms with Crippen molar-refractivity contribution in [1.29, 1.82) is 0 Å². The van der Waals surface area contributed by atoms with E-state index in [1.807, 2.05) is 0 Å². The first-order chi connectivity index (χ1) is 36.5. The van der Waals surface area contributed by atoms with E-state index in [4.69, 9.17) is 4.74 Å². The maximum atomic E-state index is 12.5. The van der Waals surface area contributed by atoms with Gasteiger partial charge in [0, 0.05) is 12.8 Å². The van der Waals surface area contributed by atoms with Gasteiger partial charge in [0.15, 0.2) is 0 Å². The average molecular weight is 1050 g/mol. The summed E-state index contributed by atoms with van der Waals surface area (Å²) in [4.78, 5) is 24.5. The number of aliphatic hydroxyl groups excluding tert-OH is 2. The number of carbonyl (C=O) groups excluding carboxylic acids is 2. The summed E-state index contributed by atoms with van der Waals surface area (Å²) in [5.74, 6) is -0.00620. The molecule has 0 fully saturated rings. The van der Waals surface area contributed by atoms with E-state index in [-0.39, 0.29) is 18.5 Å². The first-order valence-corrected chi connectivity index (χ1v) is 34.3. The molecule has 6 nitrogen and oxygen atoms in total. The summed E-state index contributed by atoms with van der Waals surface area (Å²) in [6.45, 7) is 5.00. The van der Waals surface area contributed by atoms with Crippen molar-refractivity contribution in [3.8, 4) is 0 Å². The van der Waals surface area contributed by atoms with Crippen molar-refractivity contribution in [2.75, 3.05) is 13.2 Å². The third-order valence-corrected chi connectivity index (χ3v) is 16.4. The highest BCUT2D eigenvalue weighted by atomic mass is 16.5. The van der Waals surface area contributed by atoms with E-state index in [0.717, 1.165) is 38.5 Å². The molecule has 0 bridgehead atoms. The molecule has 2 unspecified atom stereocenters. The zero-order valence-corrected chi connectivity index (χ0v) is 50.6. The second-order valence-electron chi connectivity index (χ2n) is 23.9. The molecular weight excluding hydrogens is 911 g/mol. The van der Waals surface area contributed by atoms with Crippen LogP contribution in [0.25, 0.3) is 0 Å². The van der Waals surface area contributed by atoms with Crippen LogP contribution in [-0.4, -0.2) is 47.4 Å². The predicted molar refractivity (Wildman–Crippen MR) is 324 cm³/mol. The van der Waals surface area contributed by atoms with E-state index >= 15 is 0 Å². The molecule has 0 aromatic rings. The quantitative estimate of drug-likeness (QED) is 0.0417. The summed E-state index contributed by atoms with van der Waals surface area (Å²) in [6, 6.07) is -0.537. The average Bonchev–Trinajstić information content (AvgIpc) is 3.40. The molecule has 0 radical (unpaired) electrons. The lowest BCUT2D eigenvalue weighted by Gasteiger charge is -2.22. The number of amides is 1. The summed E-state index contributed by atoms with van der Waals surface area (Å²) in [6.07, 6.45) is 77.2. The first-order valence-electron chi connectivity index (χ1n) is 34.3. The van der Waals surface area contributed by atoms with Gasteiger partial charge in [-0.05, 0) is 25.7 Å². The van der Waals surface area contributed by atoms with E-state index < -0.39 is 12.1 Å². The third kappa shape index (κ3) is 60.1. The highest BCUT2D eigenvalue weighted by molar-refractivity contribution is 5.76. The Morgan fingerprint density at radius 2 is 0.554 bits per heavy atom. The van der Waals surface area contributed by atoms with Crippen molar-refractivity contribution in [1.82, 2.24) is 5.32 Å². The molecule has 1 amide bonds. The molecule has 0 saturated carbocycles. The SMILES string of the molecule is CCCCCCCCCCCCCCCCCCC(O)C(CO)NC(=O)CCCCCCCCCCCCCCCCCCCCCCCCCCCCCCCOC(=O)CCCCCCCCCCCCCC. The van der Waals surface area contributed by atoms with E-state index in [1.165, 1.54) is 327 Å². The Labute approximate surface area is 464 Å². The number of aliphatic hydroxyl groups is 2. The number of unbranched alkanes of at least 4 members (excludes halogenated alkanes) is 54. The molecule has 0 aliphatic carbocycles. The molecule has 0 heterocycles. The molecule has 6 heteroatoms. The summed E-state index contributed by atoms with van der Waals surface area (Å²) < 4.78 is 5.48. The Kier molecular flexibility index (Phi) is 63.4. The fourth-order valence-corrected chi connectivity index (χ4v) is 11.2. The van der Waals surface area contributed by atoms with Crippen LogP contribution in [0.4, 0.5) is 0 Å². The van der Waals surface area contributed by atoms with Crippen LogP contribution in [-0.2, 0) is 14.3 Å². The fraction of sp³-hybridized carbons (Fsp3) is 0.971. The molecule has 0 rings (SSSR count). The van der Waals surface area contributed by atoms with Crippen LogP contribution in [0.2, 0.25) is 0 Å². The summed E-state index contributed by atoms with van der Waals surface area (Å²) in [5, 5.41) is 23.3. The minimum Gasteiger partial charge on any atom is -0.466 e. The lowest BCUT2D eigenvalue weighted by molar-refractivity contribution is -0.143. The third-order valence-electron chi connectivity index (χ3n) is 16.4. The number of rotatable bonds is 65. The number of esters is 1. The fourth-order valence-electron chi connectivity index (χ4n) is 11.2. The van der Waals surface area contributed by atoms with Gasteiger partial charge in [-0.2, -0.15) is 0 Å². The molecule has 3 N–H and O–H groups in total. The van der Waals surface area contributed by atoms with E-state index in [1.54, 1.807) is 0 Å². The van der Waals surface area contributed by atoms with E-state index in [9.17, 15) is 19.8 Å². The second kappa shape index (κ2) is 64.4. The maximum absolute atomic E-state index is 12.5. The first kappa shape index (κ1) is 72.9.